The molecule has 0 aliphatic carbocycles. The molecular weight excluding hydrogens is 386 g/mol. The van der Waals surface area contributed by atoms with Crippen molar-refractivity contribution in [3.8, 4) is 0 Å². The summed E-state index contributed by atoms with van der Waals surface area (Å²) < 4.78 is 4.19. The molecular formula is C16H25N7O2S2. The van der Waals surface area contributed by atoms with Crippen molar-refractivity contribution >= 4 is 46.6 Å². The topological polar surface area (TPSA) is 128 Å². The Hall–Kier alpha value is -1.82. The van der Waals surface area contributed by atoms with Crippen LogP contribution in [0.25, 0.3) is 0 Å². The van der Waals surface area contributed by atoms with Gasteiger partial charge < -0.3 is 20.8 Å². The molecule has 148 valence electrons. The Morgan fingerprint density at radius 2 is 1.78 bits per heavy atom. The molecule has 2 aromatic heterocycles. The largest absolute Gasteiger partial charge is 0.392 e. The van der Waals surface area contributed by atoms with Gasteiger partial charge in [-0.15, -0.1) is 10.2 Å². The van der Waals surface area contributed by atoms with Gasteiger partial charge in [-0.1, -0.05) is 0 Å². The smallest absolute Gasteiger partial charge is 0.249 e. The second kappa shape index (κ2) is 9.93. The number of aromatic nitrogens is 3. The van der Waals surface area contributed by atoms with Crippen LogP contribution in [-0.4, -0.2) is 49.9 Å². The van der Waals surface area contributed by atoms with Crippen LogP contribution in [0.5, 0.6) is 0 Å². The van der Waals surface area contributed by atoms with E-state index in [-0.39, 0.29) is 5.25 Å². The van der Waals surface area contributed by atoms with Crippen molar-refractivity contribution in [2.45, 2.75) is 45.2 Å². The first-order chi connectivity index (χ1) is 12.8. The van der Waals surface area contributed by atoms with Crippen LogP contribution in [0.15, 0.2) is 16.3 Å². The molecule has 2 rings (SSSR count). The summed E-state index contributed by atoms with van der Waals surface area (Å²) in [4.78, 5) is 8.75. The molecule has 11 heteroatoms. The number of pyridine rings is 1. The van der Waals surface area contributed by atoms with E-state index in [4.69, 9.17) is 0 Å². The average Bonchev–Trinajstić information content (AvgIpc) is 3.06. The first-order valence-corrected chi connectivity index (χ1v) is 9.84. The SMILES string of the molecule is Cc1cc(NCC(C)O)nc(NCC(C)O)c1N=Nc1nc(C(C)S)ns1. The number of thiol groups is 1. The molecule has 27 heavy (non-hydrogen) atoms. The normalized spacial score (nSPS) is 14.9. The van der Waals surface area contributed by atoms with Crippen LogP contribution in [0.2, 0.25) is 0 Å². The lowest BCUT2D eigenvalue weighted by Crippen LogP contribution is -2.18. The average molecular weight is 412 g/mol. The van der Waals surface area contributed by atoms with Gasteiger partial charge in [0.25, 0.3) is 0 Å². The summed E-state index contributed by atoms with van der Waals surface area (Å²) >= 11 is 5.46. The van der Waals surface area contributed by atoms with E-state index in [2.05, 4.69) is 47.8 Å². The number of anilines is 2. The molecule has 3 atom stereocenters. The molecule has 0 amide bonds. The second-order valence-electron chi connectivity index (χ2n) is 6.29. The number of hydrogen-bond donors (Lipinski definition) is 5. The van der Waals surface area contributed by atoms with Gasteiger partial charge in [0.1, 0.15) is 11.5 Å². The third-order valence-corrected chi connectivity index (χ3v) is 4.21. The summed E-state index contributed by atoms with van der Waals surface area (Å²) in [6.45, 7) is 7.83. The lowest BCUT2D eigenvalue weighted by Gasteiger charge is -2.14. The maximum absolute atomic E-state index is 9.57. The van der Waals surface area contributed by atoms with Crippen LogP contribution in [0.1, 0.15) is 37.4 Å². The van der Waals surface area contributed by atoms with E-state index >= 15 is 0 Å². The Labute approximate surface area is 168 Å². The summed E-state index contributed by atoms with van der Waals surface area (Å²) in [5, 5.41) is 34.0. The van der Waals surface area contributed by atoms with Crippen LogP contribution in [0.4, 0.5) is 22.5 Å². The highest BCUT2D eigenvalue weighted by Gasteiger charge is 2.13. The molecule has 0 aliphatic rings. The number of hydrogen-bond acceptors (Lipinski definition) is 11. The summed E-state index contributed by atoms with van der Waals surface area (Å²) in [6, 6.07) is 1.83. The lowest BCUT2D eigenvalue weighted by molar-refractivity contribution is 0.208. The molecule has 0 bridgehead atoms. The fourth-order valence-corrected chi connectivity index (χ4v) is 2.81. The fraction of sp³-hybridized carbons (Fsp3) is 0.562. The van der Waals surface area contributed by atoms with E-state index in [0.29, 0.717) is 41.4 Å². The van der Waals surface area contributed by atoms with Gasteiger partial charge in [0.15, 0.2) is 11.6 Å². The summed E-state index contributed by atoms with van der Waals surface area (Å²) in [6.07, 6.45) is -1.05. The van der Waals surface area contributed by atoms with Crippen LogP contribution < -0.4 is 10.6 Å². The number of azo groups is 1. The van der Waals surface area contributed by atoms with E-state index in [0.717, 1.165) is 17.1 Å². The van der Waals surface area contributed by atoms with Gasteiger partial charge in [-0.25, -0.2) is 4.98 Å². The van der Waals surface area contributed by atoms with Gasteiger partial charge >= 0.3 is 0 Å². The second-order valence-corrected chi connectivity index (χ2v) is 7.80. The van der Waals surface area contributed by atoms with Gasteiger partial charge in [0.05, 0.1) is 17.5 Å². The van der Waals surface area contributed by atoms with E-state index in [9.17, 15) is 10.2 Å². The van der Waals surface area contributed by atoms with Gasteiger partial charge in [0.2, 0.25) is 5.13 Å². The molecule has 9 nitrogen and oxygen atoms in total. The molecule has 0 saturated carbocycles. The van der Waals surface area contributed by atoms with E-state index in [1.54, 1.807) is 13.8 Å². The van der Waals surface area contributed by atoms with Crippen molar-refractivity contribution in [3.05, 3.63) is 17.5 Å². The third kappa shape index (κ3) is 6.69. The number of nitrogens with zero attached hydrogens (tertiary/aromatic N) is 5. The predicted molar refractivity (Wildman–Crippen MR) is 111 cm³/mol. The van der Waals surface area contributed by atoms with Gasteiger partial charge in [0, 0.05) is 24.6 Å². The Balaban J connectivity index is 2.29. The number of aliphatic hydroxyl groups excluding tert-OH is 2. The molecule has 0 radical (unpaired) electrons. The minimum Gasteiger partial charge on any atom is -0.392 e. The lowest BCUT2D eigenvalue weighted by atomic mass is 10.2. The van der Waals surface area contributed by atoms with Crippen molar-refractivity contribution in [1.82, 2.24) is 14.3 Å². The van der Waals surface area contributed by atoms with Crippen molar-refractivity contribution in [3.63, 3.8) is 0 Å². The minimum atomic E-state index is -0.548. The van der Waals surface area contributed by atoms with Crippen LogP contribution in [0.3, 0.4) is 0 Å². The first-order valence-electron chi connectivity index (χ1n) is 8.55. The van der Waals surface area contributed by atoms with E-state index < -0.39 is 12.2 Å². The van der Waals surface area contributed by atoms with E-state index in [1.807, 2.05) is 19.9 Å². The van der Waals surface area contributed by atoms with Gasteiger partial charge in [-0.05, 0) is 39.3 Å². The van der Waals surface area contributed by atoms with Crippen molar-refractivity contribution in [2.75, 3.05) is 23.7 Å². The third-order valence-electron chi connectivity index (χ3n) is 3.37. The number of aryl methyl sites for hydroxylation is 1. The zero-order valence-electron chi connectivity index (χ0n) is 15.7. The van der Waals surface area contributed by atoms with Crippen LogP contribution in [0, 0.1) is 6.92 Å². The Morgan fingerprint density at radius 1 is 1.11 bits per heavy atom. The number of rotatable bonds is 9. The molecule has 3 unspecified atom stereocenters. The standard InChI is InChI=1S/C16H25N7O2S2/c1-8-5-12(17-6-9(2)24)19-15(18-7-10(3)25)13(8)21-22-16-20-14(11(4)26)23-27-16/h5,9-11,24-26H,6-7H2,1-4H3,(H2,17,18,19). The minimum absolute atomic E-state index is 0.0730. The molecule has 2 aromatic rings. The molecule has 0 spiro atoms. The van der Waals surface area contributed by atoms with Gasteiger partial charge in [-0.2, -0.15) is 22.0 Å². The molecule has 0 fully saturated rings. The van der Waals surface area contributed by atoms with Crippen molar-refractivity contribution < 1.29 is 10.2 Å². The monoisotopic (exact) mass is 411 g/mol. The zero-order chi connectivity index (χ0) is 20.0. The van der Waals surface area contributed by atoms with Crippen molar-refractivity contribution in [1.29, 1.82) is 0 Å². The summed E-state index contributed by atoms with van der Waals surface area (Å²) in [7, 11) is 0. The highest BCUT2D eigenvalue weighted by Crippen LogP contribution is 2.32. The number of aliphatic hydroxyl groups is 2. The Bertz CT molecular complexity index is 778. The molecule has 2 heterocycles. The maximum Gasteiger partial charge on any atom is 0.249 e. The molecule has 0 saturated heterocycles. The Kier molecular flexibility index (Phi) is 7.90. The van der Waals surface area contributed by atoms with E-state index in [1.165, 1.54) is 0 Å². The van der Waals surface area contributed by atoms with Crippen molar-refractivity contribution in [2.24, 2.45) is 10.2 Å². The van der Waals surface area contributed by atoms with Crippen LogP contribution >= 0.6 is 24.2 Å². The molecule has 0 aromatic carbocycles. The number of nitrogens with one attached hydrogen (secondary N) is 2. The Morgan fingerprint density at radius 3 is 2.37 bits per heavy atom. The summed E-state index contributed by atoms with van der Waals surface area (Å²) in [5.41, 5.74) is 1.39. The summed E-state index contributed by atoms with van der Waals surface area (Å²) in [5.74, 6) is 1.69. The first kappa shape index (κ1) is 21.5. The quantitative estimate of drug-likeness (QED) is 0.316. The molecule has 0 aliphatic heterocycles. The fourth-order valence-electron chi connectivity index (χ4n) is 2.03. The van der Waals surface area contributed by atoms with Crippen LogP contribution in [-0.2, 0) is 0 Å². The predicted octanol–water partition coefficient (Wildman–Crippen LogP) is 3.23. The highest BCUT2D eigenvalue weighted by molar-refractivity contribution is 7.80. The maximum atomic E-state index is 9.57. The van der Waals surface area contributed by atoms with Gasteiger partial charge in [-0.3, -0.25) is 0 Å². The zero-order valence-corrected chi connectivity index (χ0v) is 17.4. The molecule has 4 N–H and O–H groups in total. The highest BCUT2D eigenvalue weighted by atomic mass is 32.1.